The maximum Gasteiger partial charge on any atom is 0.119 e. The summed E-state index contributed by atoms with van der Waals surface area (Å²) in [6.45, 7) is 7.51. The maximum atomic E-state index is 5.79. The van der Waals surface area contributed by atoms with Crippen LogP contribution in [0.1, 0.15) is 77.2 Å². The van der Waals surface area contributed by atoms with Gasteiger partial charge >= 0.3 is 0 Å². The van der Waals surface area contributed by atoms with Crippen molar-refractivity contribution in [1.29, 1.82) is 0 Å². The van der Waals surface area contributed by atoms with Crippen LogP contribution in [-0.2, 0) is 0 Å². The molecule has 0 N–H and O–H groups in total. The summed E-state index contributed by atoms with van der Waals surface area (Å²) < 4.78 is 5.79. The predicted octanol–water partition coefficient (Wildman–Crippen LogP) is 6.50. The zero-order valence-electron chi connectivity index (χ0n) is 14.1. The van der Waals surface area contributed by atoms with Gasteiger partial charge in [-0.3, -0.25) is 0 Å². The molecule has 1 heteroatoms. The third-order valence-corrected chi connectivity index (χ3v) is 3.83. The van der Waals surface area contributed by atoms with Crippen LogP contribution in [0.3, 0.4) is 0 Å². The van der Waals surface area contributed by atoms with E-state index in [2.05, 4.69) is 57.2 Å². The molecule has 0 bridgehead atoms. The molecule has 1 nitrogen and oxygen atoms in total. The fraction of sp³-hybridized carbons (Fsp3) is 0.600. The van der Waals surface area contributed by atoms with Crippen LogP contribution >= 0.6 is 0 Å². The van der Waals surface area contributed by atoms with Gasteiger partial charge in [-0.1, -0.05) is 64.3 Å². The van der Waals surface area contributed by atoms with Gasteiger partial charge in [0.2, 0.25) is 0 Å². The highest BCUT2D eigenvalue weighted by Crippen LogP contribution is 2.27. The molecule has 0 saturated carbocycles. The molecule has 0 aromatic heterocycles. The summed E-state index contributed by atoms with van der Waals surface area (Å²) in [4.78, 5) is 0. The largest absolute Gasteiger partial charge is 0.494 e. The monoisotopic (exact) mass is 288 g/mol. The second-order valence-corrected chi connectivity index (χ2v) is 5.73. The number of ether oxygens (including phenoxy) is 1. The minimum Gasteiger partial charge on any atom is -0.494 e. The Morgan fingerprint density at radius 2 is 1.71 bits per heavy atom. The zero-order chi connectivity index (χ0) is 15.3. The molecule has 1 aromatic carbocycles. The van der Waals surface area contributed by atoms with E-state index in [-0.39, 0.29) is 0 Å². The van der Waals surface area contributed by atoms with E-state index in [1.807, 2.05) is 0 Å². The Morgan fingerprint density at radius 1 is 0.952 bits per heavy atom. The molecule has 0 saturated heterocycles. The first-order valence-electron chi connectivity index (χ1n) is 8.69. The number of allylic oxidation sites excluding steroid dienone is 2. The maximum absolute atomic E-state index is 5.79. The average molecular weight is 288 g/mol. The van der Waals surface area contributed by atoms with Crippen molar-refractivity contribution in [3.8, 4) is 5.75 Å². The van der Waals surface area contributed by atoms with Gasteiger partial charge < -0.3 is 4.74 Å². The molecule has 0 aliphatic heterocycles. The van der Waals surface area contributed by atoms with E-state index in [0.717, 1.165) is 31.6 Å². The molecule has 0 fully saturated rings. The standard InChI is InChI=1S/C20H32O/c1-4-7-9-12-18(11-6-3)19-13-15-20(16-14-19)21-17-10-8-5-2/h7,9,13-16,18H,4-6,8,10-12,17H2,1-3H3/b9-7-. The van der Waals surface area contributed by atoms with Gasteiger partial charge in [-0.15, -0.1) is 0 Å². The summed E-state index contributed by atoms with van der Waals surface area (Å²) >= 11 is 0. The highest BCUT2D eigenvalue weighted by atomic mass is 16.5. The molecule has 1 rings (SSSR count). The Kier molecular flexibility index (Phi) is 9.69. The van der Waals surface area contributed by atoms with Crippen molar-refractivity contribution in [2.45, 2.75) is 71.6 Å². The molecule has 1 unspecified atom stereocenters. The molecule has 0 radical (unpaired) electrons. The van der Waals surface area contributed by atoms with E-state index < -0.39 is 0 Å². The highest BCUT2D eigenvalue weighted by molar-refractivity contribution is 5.29. The van der Waals surface area contributed by atoms with Crippen molar-refractivity contribution < 1.29 is 4.74 Å². The molecule has 0 aliphatic rings. The minimum atomic E-state index is 0.645. The van der Waals surface area contributed by atoms with E-state index in [4.69, 9.17) is 4.74 Å². The van der Waals surface area contributed by atoms with Gasteiger partial charge in [0, 0.05) is 0 Å². The first-order valence-corrected chi connectivity index (χ1v) is 8.69. The van der Waals surface area contributed by atoms with Crippen LogP contribution in [-0.4, -0.2) is 6.61 Å². The summed E-state index contributed by atoms with van der Waals surface area (Å²) in [7, 11) is 0. The Labute approximate surface area is 131 Å². The molecular weight excluding hydrogens is 256 g/mol. The van der Waals surface area contributed by atoms with E-state index in [1.54, 1.807) is 0 Å². The van der Waals surface area contributed by atoms with Crippen LogP contribution in [0.15, 0.2) is 36.4 Å². The average Bonchev–Trinajstić information content (AvgIpc) is 2.52. The number of hydrogen-bond donors (Lipinski definition) is 0. The number of unbranched alkanes of at least 4 members (excludes halogenated alkanes) is 2. The van der Waals surface area contributed by atoms with Crippen molar-refractivity contribution in [2.24, 2.45) is 0 Å². The fourth-order valence-corrected chi connectivity index (χ4v) is 2.57. The van der Waals surface area contributed by atoms with Crippen LogP contribution in [0.4, 0.5) is 0 Å². The summed E-state index contributed by atoms with van der Waals surface area (Å²) in [6, 6.07) is 8.76. The Hall–Kier alpha value is -1.24. The summed E-state index contributed by atoms with van der Waals surface area (Å²) in [5, 5.41) is 0. The van der Waals surface area contributed by atoms with E-state index in [0.29, 0.717) is 5.92 Å². The fourth-order valence-electron chi connectivity index (χ4n) is 2.57. The van der Waals surface area contributed by atoms with E-state index in [1.165, 1.54) is 31.2 Å². The van der Waals surface area contributed by atoms with Crippen LogP contribution in [0.25, 0.3) is 0 Å². The summed E-state index contributed by atoms with van der Waals surface area (Å²) in [6.07, 6.45) is 13.0. The number of benzene rings is 1. The molecule has 118 valence electrons. The van der Waals surface area contributed by atoms with Gasteiger partial charge in [0.05, 0.1) is 6.61 Å². The van der Waals surface area contributed by atoms with Crippen molar-refractivity contribution in [1.82, 2.24) is 0 Å². The van der Waals surface area contributed by atoms with Gasteiger partial charge in [0.1, 0.15) is 5.75 Å². The molecule has 0 aliphatic carbocycles. The molecule has 21 heavy (non-hydrogen) atoms. The molecular formula is C20H32O. The van der Waals surface area contributed by atoms with Crippen molar-refractivity contribution >= 4 is 0 Å². The van der Waals surface area contributed by atoms with Crippen LogP contribution in [0.2, 0.25) is 0 Å². The first kappa shape index (κ1) is 17.8. The van der Waals surface area contributed by atoms with Crippen molar-refractivity contribution in [3.05, 3.63) is 42.0 Å². The van der Waals surface area contributed by atoms with E-state index in [9.17, 15) is 0 Å². The molecule has 0 spiro atoms. The lowest BCUT2D eigenvalue weighted by molar-refractivity contribution is 0.306. The lowest BCUT2D eigenvalue weighted by Crippen LogP contribution is -1.99. The van der Waals surface area contributed by atoms with Crippen LogP contribution < -0.4 is 4.74 Å². The van der Waals surface area contributed by atoms with Crippen LogP contribution in [0.5, 0.6) is 5.75 Å². The van der Waals surface area contributed by atoms with Gasteiger partial charge in [0.25, 0.3) is 0 Å². The Balaban J connectivity index is 2.53. The quantitative estimate of drug-likeness (QED) is 0.334. The lowest BCUT2D eigenvalue weighted by Gasteiger charge is -2.15. The molecule has 1 aromatic rings. The summed E-state index contributed by atoms with van der Waals surface area (Å²) in [5.74, 6) is 1.65. The minimum absolute atomic E-state index is 0.645. The normalized spacial score (nSPS) is 12.7. The van der Waals surface area contributed by atoms with Crippen molar-refractivity contribution in [3.63, 3.8) is 0 Å². The Morgan fingerprint density at radius 3 is 2.33 bits per heavy atom. The third kappa shape index (κ3) is 7.36. The second kappa shape index (κ2) is 11.4. The van der Waals surface area contributed by atoms with E-state index >= 15 is 0 Å². The SMILES string of the molecule is CC/C=C\CC(CCC)c1ccc(OCCCCC)cc1. The van der Waals surface area contributed by atoms with Crippen LogP contribution in [0, 0.1) is 0 Å². The van der Waals surface area contributed by atoms with Crippen molar-refractivity contribution in [2.75, 3.05) is 6.61 Å². The van der Waals surface area contributed by atoms with Gasteiger partial charge in [-0.25, -0.2) is 0 Å². The summed E-state index contributed by atoms with van der Waals surface area (Å²) in [5.41, 5.74) is 1.44. The van der Waals surface area contributed by atoms with Gasteiger partial charge in [-0.05, 0) is 49.3 Å². The molecule has 1 atom stereocenters. The topological polar surface area (TPSA) is 9.23 Å². The highest BCUT2D eigenvalue weighted by Gasteiger charge is 2.09. The third-order valence-electron chi connectivity index (χ3n) is 3.83. The van der Waals surface area contributed by atoms with Gasteiger partial charge in [-0.2, -0.15) is 0 Å². The molecule has 0 heterocycles. The number of rotatable bonds is 11. The first-order chi connectivity index (χ1) is 10.3. The smallest absolute Gasteiger partial charge is 0.119 e. The Bertz CT molecular complexity index is 377. The zero-order valence-corrected chi connectivity index (χ0v) is 14.1. The second-order valence-electron chi connectivity index (χ2n) is 5.73. The number of hydrogen-bond acceptors (Lipinski definition) is 1. The lowest BCUT2D eigenvalue weighted by atomic mass is 9.91. The molecule has 0 amide bonds. The predicted molar refractivity (Wildman–Crippen MR) is 93.2 cm³/mol. The van der Waals surface area contributed by atoms with Gasteiger partial charge in [0.15, 0.2) is 0 Å².